The second kappa shape index (κ2) is 6.01. The van der Waals surface area contributed by atoms with Crippen LogP contribution in [0.4, 0.5) is 18.9 Å². The van der Waals surface area contributed by atoms with Gasteiger partial charge in [-0.05, 0) is 18.2 Å². The quantitative estimate of drug-likeness (QED) is 0.847. The summed E-state index contributed by atoms with van der Waals surface area (Å²) in [5.74, 6) is -2.10. The summed E-state index contributed by atoms with van der Waals surface area (Å²) in [5, 5.41) is 8.61. The van der Waals surface area contributed by atoms with Gasteiger partial charge in [-0.25, -0.2) is 8.42 Å². The van der Waals surface area contributed by atoms with E-state index in [1.54, 1.807) is 0 Å². The number of methoxy groups -OCH3 is 1. The molecule has 0 radical (unpaired) electrons. The van der Waals surface area contributed by atoms with Crippen LogP contribution in [0.5, 0.6) is 0 Å². The van der Waals surface area contributed by atoms with Crippen molar-refractivity contribution < 1.29 is 31.1 Å². The number of nitriles is 1. The number of ether oxygens (including phenoxy) is 1. The van der Waals surface area contributed by atoms with Crippen molar-refractivity contribution in [1.29, 1.82) is 5.26 Å². The van der Waals surface area contributed by atoms with E-state index in [9.17, 15) is 26.4 Å². The van der Waals surface area contributed by atoms with Crippen molar-refractivity contribution in [1.82, 2.24) is 0 Å². The molecule has 0 fully saturated rings. The Hall–Kier alpha value is -2.28. The molecular weight excluding hydrogens is 313 g/mol. The van der Waals surface area contributed by atoms with Gasteiger partial charge >= 0.3 is 12.1 Å². The van der Waals surface area contributed by atoms with Crippen LogP contribution in [-0.4, -0.2) is 27.2 Å². The Balaban J connectivity index is 3.12. The maximum Gasteiger partial charge on any atom is 0.417 e. The van der Waals surface area contributed by atoms with E-state index < -0.39 is 44.7 Å². The Kier molecular flexibility index (Phi) is 4.80. The van der Waals surface area contributed by atoms with E-state index in [2.05, 4.69) is 4.74 Å². The Labute approximate surface area is 118 Å². The monoisotopic (exact) mass is 322 g/mol. The fraction of sp³-hybridized carbons (Fsp3) is 0.273. The smallest absolute Gasteiger partial charge is 0.417 e. The molecular formula is C11H9F3N2O4S. The standard InChI is InChI=1S/C11H9F3N2O4S/c1-20-10(17)6-21(18,19)16-8-3-2-7(5-15)9(4-8)11(12,13)14/h2-4,16H,6H2,1H3. The van der Waals surface area contributed by atoms with Gasteiger partial charge in [-0.1, -0.05) is 0 Å². The van der Waals surface area contributed by atoms with Gasteiger partial charge < -0.3 is 4.74 Å². The van der Waals surface area contributed by atoms with E-state index in [0.717, 1.165) is 19.2 Å². The van der Waals surface area contributed by atoms with Crippen molar-refractivity contribution in [3.63, 3.8) is 0 Å². The third kappa shape index (κ3) is 4.64. The highest BCUT2D eigenvalue weighted by atomic mass is 32.2. The lowest BCUT2D eigenvalue weighted by atomic mass is 10.1. The molecule has 1 aromatic carbocycles. The van der Waals surface area contributed by atoms with Gasteiger partial charge in [0.25, 0.3) is 0 Å². The number of benzene rings is 1. The Morgan fingerprint density at radius 1 is 1.43 bits per heavy atom. The van der Waals surface area contributed by atoms with Gasteiger partial charge in [-0.3, -0.25) is 9.52 Å². The molecule has 1 rings (SSSR count). The van der Waals surface area contributed by atoms with Crippen LogP contribution in [0.2, 0.25) is 0 Å². The Morgan fingerprint density at radius 2 is 2.05 bits per heavy atom. The zero-order valence-corrected chi connectivity index (χ0v) is 11.4. The predicted molar refractivity (Wildman–Crippen MR) is 65.6 cm³/mol. The highest BCUT2D eigenvalue weighted by Crippen LogP contribution is 2.33. The molecule has 21 heavy (non-hydrogen) atoms. The summed E-state index contributed by atoms with van der Waals surface area (Å²) >= 11 is 0. The molecule has 1 N–H and O–H groups in total. The fourth-order valence-corrected chi connectivity index (χ4v) is 2.36. The number of nitrogens with one attached hydrogen (secondary N) is 1. The summed E-state index contributed by atoms with van der Waals surface area (Å²) in [4.78, 5) is 10.9. The van der Waals surface area contributed by atoms with Crippen molar-refractivity contribution >= 4 is 21.7 Å². The Morgan fingerprint density at radius 3 is 2.52 bits per heavy atom. The van der Waals surface area contributed by atoms with E-state index in [4.69, 9.17) is 5.26 Å². The van der Waals surface area contributed by atoms with Crippen molar-refractivity contribution in [2.24, 2.45) is 0 Å². The number of halogens is 3. The maximum absolute atomic E-state index is 12.7. The Bertz CT molecular complexity index is 692. The summed E-state index contributed by atoms with van der Waals surface area (Å²) in [6.07, 6.45) is -4.81. The van der Waals surface area contributed by atoms with Gasteiger partial charge in [0.05, 0.1) is 24.3 Å². The minimum atomic E-state index is -4.81. The number of carbonyl (C=O) groups is 1. The molecule has 0 unspecified atom stereocenters. The van der Waals surface area contributed by atoms with Crippen LogP contribution >= 0.6 is 0 Å². The van der Waals surface area contributed by atoms with E-state index in [1.807, 2.05) is 4.72 Å². The largest absolute Gasteiger partial charge is 0.468 e. The summed E-state index contributed by atoms with van der Waals surface area (Å²) < 4.78 is 67.2. The summed E-state index contributed by atoms with van der Waals surface area (Å²) in [6, 6.07) is 3.66. The molecule has 0 aliphatic carbocycles. The molecule has 1 aromatic rings. The second-order valence-corrected chi connectivity index (χ2v) is 5.53. The highest BCUT2D eigenvalue weighted by molar-refractivity contribution is 7.93. The lowest BCUT2D eigenvalue weighted by Gasteiger charge is -2.12. The van der Waals surface area contributed by atoms with Gasteiger partial charge in [0.15, 0.2) is 5.75 Å². The van der Waals surface area contributed by atoms with Crippen molar-refractivity contribution in [3.8, 4) is 6.07 Å². The minimum Gasteiger partial charge on any atom is -0.468 e. The van der Waals surface area contributed by atoms with Crippen LogP contribution in [0.25, 0.3) is 0 Å². The number of hydrogen-bond donors (Lipinski definition) is 1. The number of nitrogens with zero attached hydrogens (tertiary/aromatic N) is 1. The van der Waals surface area contributed by atoms with Crippen LogP contribution in [-0.2, 0) is 25.7 Å². The molecule has 6 nitrogen and oxygen atoms in total. The van der Waals surface area contributed by atoms with Gasteiger partial charge in [0, 0.05) is 5.69 Å². The van der Waals surface area contributed by atoms with Crippen LogP contribution in [0, 0.1) is 11.3 Å². The third-order valence-corrected chi connectivity index (χ3v) is 3.42. The molecule has 10 heteroatoms. The third-order valence-electron chi connectivity index (χ3n) is 2.25. The van der Waals surface area contributed by atoms with Gasteiger partial charge in [-0.15, -0.1) is 0 Å². The second-order valence-electron chi connectivity index (χ2n) is 3.81. The molecule has 0 bridgehead atoms. The van der Waals surface area contributed by atoms with Crippen LogP contribution < -0.4 is 4.72 Å². The molecule has 0 saturated heterocycles. The first-order valence-electron chi connectivity index (χ1n) is 5.27. The van der Waals surface area contributed by atoms with E-state index >= 15 is 0 Å². The number of esters is 1. The van der Waals surface area contributed by atoms with Crippen molar-refractivity contribution in [3.05, 3.63) is 29.3 Å². The average Bonchev–Trinajstić information content (AvgIpc) is 2.36. The van der Waals surface area contributed by atoms with E-state index in [1.165, 1.54) is 6.07 Å². The van der Waals surface area contributed by atoms with Gasteiger partial charge in [-0.2, -0.15) is 18.4 Å². The molecule has 0 aliphatic heterocycles. The highest BCUT2D eigenvalue weighted by Gasteiger charge is 2.34. The van der Waals surface area contributed by atoms with Crippen LogP contribution in [0.1, 0.15) is 11.1 Å². The van der Waals surface area contributed by atoms with E-state index in [0.29, 0.717) is 6.07 Å². The number of sulfonamides is 1. The topological polar surface area (TPSA) is 96.3 Å². The summed E-state index contributed by atoms with van der Waals surface area (Å²) in [6.45, 7) is 0. The first kappa shape index (κ1) is 16.8. The first-order valence-corrected chi connectivity index (χ1v) is 6.93. The van der Waals surface area contributed by atoms with Crippen LogP contribution in [0.15, 0.2) is 18.2 Å². The zero-order valence-electron chi connectivity index (χ0n) is 10.6. The SMILES string of the molecule is COC(=O)CS(=O)(=O)Nc1ccc(C#N)c(C(F)(F)F)c1. The predicted octanol–water partition coefficient (Wildman–Crippen LogP) is 1.49. The molecule has 114 valence electrons. The summed E-state index contributed by atoms with van der Waals surface area (Å²) in [5.41, 5.74) is -2.33. The molecule has 0 spiro atoms. The van der Waals surface area contributed by atoms with Crippen molar-refractivity contribution in [2.75, 3.05) is 17.6 Å². The molecule has 0 heterocycles. The van der Waals surface area contributed by atoms with Gasteiger partial charge in [0.1, 0.15) is 0 Å². The maximum atomic E-state index is 12.7. The normalized spacial score (nSPS) is 11.6. The molecule has 0 aromatic heterocycles. The average molecular weight is 322 g/mol. The first-order chi connectivity index (χ1) is 9.59. The molecule has 0 saturated carbocycles. The number of carbonyl (C=O) groups excluding carboxylic acids is 1. The number of anilines is 1. The van der Waals surface area contributed by atoms with E-state index in [-0.39, 0.29) is 0 Å². The zero-order chi connectivity index (χ0) is 16.3. The lowest BCUT2D eigenvalue weighted by molar-refractivity contribution is -0.138. The minimum absolute atomic E-state index is 0.412. The van der Waals surface area contributed by atoms with Gasteiger partial charge in [0.2, 0.25) is 10.0 Å². The number of alkyl halides is 3. The van der Waals surface area contributed by atoms with Crippen molar-refractivity contribution in [2.45, 2.75) is 6.18 Å². The number of rotatable bonds is 4. The molecule has 0 amide bonds. The van der Waals surface area contributed by atoms with Crippen LogP contribution in [0.3, 0.4) is 0 Å². The fourth-order valence-electron chi connectivity index (χ4n) is 1.37. The number of hydrogen-bond acceptors (Lipinski definition) is 5. The lowest BCUT2D eigenvalue weighted by Crippen LogP contribution is -2.24. The molecule has 0 aliphatic rings. The molecule has 0 atom stereocenters. The summed E-state index contributed by atoms with van der Waals surface area (Å²) in [7, 11) is -3.23.